The molecule has 0 amide bonds. The Kier molecular flexibility index (Phi) is 4.13. The zero-order valence-electron chi connectivity index (χ0n) is 7.25. The molecule has 0 heterocycles. The van der Waals surface area contributed by atoms with E-state index in [0.29, 0.717) is 0 Å². The molecule has 0 rings (SSSR count). The zero-order valence-corrected chi connectivity index (χ0v) is 7.25. The molecule has 0 aliphatic rings. The standard InChI is InChI=1S/C7H8F3NO3/c1-3-4-6(5(2)11(12)13)14-7(8,9)10/h3-5H,1H2,2H3/b6-4+. The minimum Gasteiger partial charge on any atom is -0.403 e. The molecule has 0 bridgehead atoms. The molecule has 0 aromatic heterocycles. The highest BCUT2D eigenvalue weighted by Crippen LogP contribution is 2.23. The van der Waals surface area contributed by atoms with Gasteiger partial charge in [-0.05, 0) is 6.08 Å². The minimum absolute atomic E-state index is 0.794. The molecular weight excluding hydrogens is 203 g/mol. The molecule has 1 unspecified atom stereocenters. The van der Waals surface area contributed by atoms with E-state index in [9.17, 15) is 23.3 Å². The summed E-state index contributed by atoms with van der Waals surface area (Å²) in [5.41, 5.74) is 0. The second-order valence-corrected chi connectivity index (χ2v) is 2.31. The highest BCUT2D eigenvalue weighted by atomic mass is 19.4. The number of hydrogen-bond acceptors (Lipinski definition) is 3. The van der Waals surface area contributed by atoms with Crippen LogP contribution in [-0.4, -0.2) is 17.3 Å². The summed E-state index contributed by atoms with van der Waals surface area (Å²) in [4.78, 5) is 9.30. The van der Waals surface area contributed by atoms with Gasteiger partial charge in [0.05, 0.1) is 0 Å². The third-order valence-corrected chi connectivity index (χ3v) is 1.24. The topological polar surface area (TPSA) is 52.4 Å². The van der Waals surface area contributed by atoms with Crippen molar-refractivity contribution in [1.29, 1.82) is 0 Å². The van der Waals surface area contributed by atoms with Crippen LogP contribution in [0.25, 0.3) is 0 Å². The van der Waals surface area contributed by atoms with Crippen LogP contribution in [0.3, 0.4) is 0 Å². The van der Waals surface area contributed by atoms with E-state index in [0.717, 1.165) is 19.1 Å². The molecule has 0 radical (unpaired) electrons. The first-order chi connectivity index (χ1) is 6.28. The van der Waals surface area contributed by atoms with Gasteiger partial charge in [-0.1, -0.05) is 12.7 Å². The maximum absolute atomic E-state index is 11.7. The van der Waals surface area contributed by atoms with Gasteiger partial charge in [0.1, 0.15) is 0 Å². The molecule has 0 spiro atoms. The lowest BCUT2D eigenvalue weighted by molar-refractivity contribution is -0.516. The second kappa shape index (κ2) is 4.64. The van der Waals surface area contributed by atoms with E-state index in [1.165, 1.54) is 0 Å². The lowest BCUT2D eigenvalue weighted by Gasteiger charge is -2.12. The lowest BCUT2D eigenvalue weighted by Crippen LogP contribution is -2.24. The van der Waals surface area contributed by atoms with Crippen LogP contribution in [0.5, 0.6) is 0 Å². The Bertz CT molecular complexity index is 259. The first-order valence-electron chi connectivity index (χ1n) is 3.49. The van der Waals surface area contributed by atoms with Crippen molar-refractivity contribution in [3.8, 4) is 0 Å². The van der Waals surface area contributed by atoms with Gasteiger partial charge >= 0.3 is 6.36 Å². The van der Waals surface area contributed by atoms with Crippen LogP contribution < -0.4 is 0 Å². The van der Waals surface area contributed by atoms with E-state index in [2.05, 4.69) is 11.3 Å². The van der Waals surface area contributed by atoms with Crippen LogP contribution in [0.4, 0.5) is 13.2 Å². The quantitative estimate of drug-likeness (QED) is 0.310. The summed E-state index contributed by atoms with van der Waals surface area (Å²) in [5.74, 6) is -0.794. The van der Waals surface area contributed by atoms with Gasteiger partial charge in [-0.2, -0.15) is 0 Å². The van der Waals surface area contributed by atoms with Gasteiger partial charge in [0.2, 0.25) is 0 Å². The molecule has 0 fully saturated rings. The van der Waals surface area contributed by atoms with Gasteiger partial charge in [0.15, 0.2) is 5.76 Å². The van der Waals surface area contributed by atoms with Crippen LogP contribution in [0.2, 0.25) is 0 Å². The van der Waals surface area contributed by atoms with Crippen LogP contribution in [0.1, 0.15) is 6.92 Å². The summed E-state index contributed by atoms with van der Waals surface area (Å²) in [5, 5.41) is 10.2. The van der Waals surface area contributed by atoms with Gasteiger partial charge in [-0.25, -0.2) is 0 Å². The molecule has 7 heteroatoms. The van der Waals surface area contributed by atoms with Crippen molar-refractivity contribution >= 4 is 0 Å². The summed E-state index contributed by atoms with van der Waals surface area (Å²) in [6.45, 7) is 4.11. The van der Waals surface area contributed by atoms with E-state index in [1.54, 1.807) is 0 Å². The largest absolute Gasteiger partial charge is 0.573 e. The smallest absolute Gasteiger partial charge is 0.403 e. The molecule has 0 aliphatic carbocycles. The fourth-order valence-corrected chi connectivity index (χ4v) is 0.612. The predicted molar refractivity (Wildman–Crippen MR) is 41.9 cm³/mol. The Morgan fingerprint density at radius 2 is 2.14 bits per heavy atom. The number of halogens is 3. The van der Waals surface area contributed by atoms with E-state index in [-0.39, 0.29) is 0 Å². The van der Waals surface area contributed by atoms with Crippen molar-refractivity contribution < 1.29 is 22.8 Å². The maximum atomic E-state index is 11.7. The van der Waals surface area contributed by atoms with Crippen LogP contribution in [0.15, 0.2) is 24.5 Å². The Morgan fingerprint density at radius 1 is 1.64 bits per heavy atom. The Labute approximate surface area is 77.8 Å². The highest BCUT2D eigenvalue weighted by molar-refractivity contribution is 5.07. The normalized spacial score (nSPS) is 14.7. The monoisotopic (exact) mass is 211 g/mol. The molecule has 0 saturated carbocycles. The summed E-state index contributed by atoms with van der Waals surface area (Å²) in [6, 6.07) is -1.56. The average molecular weight is 211 g/mol. The molecule has 0 aromatic carbocycles. The predicted octanol–water partition coefficient (Wildman–Crippen LogP) is 2.26. The Morgan fingerprint density at radius 3 is 2.43 bits per heavy atom. The first kappa shape index (κ1) is 12.5. The van der Waals surface area contributed by atoms with Gasteiger partial charge in [0, 0.05) is 11.8 Å². The third-order valence-electron chi connectivity index (χ3n) is 1.24. The van der Waals surface area contributed by atoms with Crippen molar-refractivity contribution in [3.63, 3.8) is 0 Å². The number of allylic oxidation sites excluding steroid dienone is 2. The van der Waals surface area contributed by atoms with Crippen LogP contribution in [-0.2, 0) is 4.74 Å². The molecule has 80 valence electrons. The van der Waals surface area contributed by atoms with Crippen molar-refractivity contribution in [2.24, 2.45) is 0 Å². The van der Waals surface area contributed by atoms with Crippen molar-refractivity contribution in [2.45, 2.75) is 19.3 Å². The second-order valence-electron chi connectivity index (χ2n) is 2.31. The van der Waals surface area contributed by atoms with Gasteiger partial charge < -0.3 is 4.74 Å². The number of hydrogen-bond donors (Lipinski definition) is 0. The number of nitro groups is 1. The SMILES string of the molecule is C=C/C=C(/OC(F)(F)F)C(C)[N+](=O)[O-]. The van der Waals surface area contributed by atoms with Gasteiger partial charge in [0.25, 0.3) is 6.04 Å². The average Bonchev–Trinajstić information content (AvgIpc) is 1.99. The van der Waals surface area contributed by atoms with E-state index in [4.69, 9.17) is 0 Å². The van der Waals surface area contributed by atoms with Crippen molar-refractivity contribution in [2.75, 3.05) is 0 Å². The molecule has 0 aliphatic heterocycles. The van der Waals surface area contributed by atoms with E-state index >= 15 is 0 Å². The van der Waals surface area contributed by atoms with Crippen LogP contribution in [0, 0.1) is 10.1 Å². The Balaban J connectivity index is 4.71. The summed E-state index contributed by atoms with van der Waals surface area (Å²) in [7, 11) is 0. The highest BCUT2D eigenvalue weighted by Gasteiger charge is 2.36. The number of nitrogens with zero attached hydrogens (tertiary/aromatic N) is 1. The minimum atomic E-state index is -4.93. The first-order valence-corrected chi connectivity index (χ1v) is 3.49. The molecule has 0 saturated heterocycles. The maximum Gasteiger partial charge on any atom is 0.573 e. The van der Waals surface area contributed by atoms with Crippen molar-refractivity contribution in [3.05, 3.63) is 34.6 Å². The van der Waals surface area contributed by atoms with E-state index in [1.807, 2.05) is 0 Å². The zero-order chi connectivity index (χ0) is 11.4. The van der Waals surface area contributed by atoms with Crippen LogP contribution >= 0.6 is 0 Å². The Hall–Kier alpha value is -1.53. The summed E-state index contributed by atoms with van der Waals surface area (Å²) >= 11 is 0. The fourth-order valence-electron chi connectivity index (χ4n) is 0.612. The molecule has 0 N–H and O–H groups in total. The molecule has 1 atom stereocenters. The molecule has 14 heavy (non-hydrogen) atoms. The molecule has 0 aromatic rings. The summed E-state index contributed by atoms with van der Waals surface area (Å²) in [6.07, 6.45) is -3.14. The van der Waals surface area contributed by atoms with Crippen molar-refractivity contribution in [1.82, 2.24) is 0 Å². The molecular formula is C7H8F3NO3. The summed E-state index contributed by atoms with van der Waals surface area (Å²) < 4.78 is 38.6. The third kappa shape index (κ3) is 4.48. The lowest BCUT2D eigenvalue weighted by atomic mass is 10.3. The molecule has 4 nitrogen and oxygen atoms in total. The van der Waals surface area contributed by atoms with Gasteiger partial charge in [-0.15, -0.1) is 13.2 Å². The number of ether oxygens (including phenoxy) is 1. The number of rotatable bonds is 4. The number of alkyl halides is 3. The fraction of sp³-hybridized carbons (Fsp3) is 0.429. The van der Waals surface area contributed by atoms with E-state index < -0.39 is 23.1 Å². The van der Waals surface area contributed by atoms with Gasteiger partial charge in [-0.3, -0.25) is 10.1 Å².